The number of benzene rings is 2. The summed E-state index contributed by atoms with van der Waals surface area (Å²) in [6.45, 7) is 0.470. The highest BCUT2D eigenvalue weighted by Crippen LogP contribution is 2.47. The van der Waals surface area contributed by atoms with Gasteiger partial charge in [-0.25, -0.2) is 4.79 Å². The van der Waals surface area contributed by atoms with Crippen LogP contribution in [-0.2, 0) is 11.3 Å². The summed E-state index contributed by atoms with van der Waals surface area (Å²) in [7, 11) is 1.41. The molecule has 5 rings (SSSR count). The molecule has 1 saturated carbocycles. The van der Waals surface area contributed by atoms with E-state index in [1.165, 1.54) is 55.9 Å². The van der Waals surface area contributed by atoms with Gasteiger partial charge in [-0.2, -0.15) is 0 Å². The minimum atomic E-state index is -0.344. The number of aromatic nitrogens is 1. The molecule has 156 valence electrons. The van der Waals surface area contributed by atoms with Crippen molar-refractivity contribution in [3.63, 3.8) is 0 Å². The number of carbonyl (C=O) groups is 1. The van der Waals surface area contributed by atoms with Crippen molar-refractivity contribution in [2.75, 3.05) is 13.7 Å². The van der Waals surface area contributed by atoms with Gasteiger partial charge in [-0.05, 0) is 48.6 Å². The lowest BCUT2D eigenvalue weighted by molar-refractivity contribution is 0.0601. The quantitative estimate of drug-likeness (QED) is 0.630. The van der Waals surface area contributed by atoms with Crippen LogP contribution in [0.4, 0.5) is 0 Å². The molecule has 2 aromatic carbocycles. The van der Waals surface area contributed by atoms with Crippen molar-refractivity contribution in [2.24, 2.45) is 0 Å². The van der Waals surface area contributed by atoms with Gasteiger partial charge < -0.3 is 19.1 Å². The number of carbonyl (C=O) groups excluding carboxylic acids is 1. The molecule has 1 aliphatic heterocycles. The molecule has 1 unspecified atom stereocenters. The van der Waals surface area contributed by atoms with Crippen molar-refractivity contribution in [1.29, 1.82) is 0 Å². The number of hydrogen-bond donors (Lipinski definition) is 1. The lowest BCUT2D eigenvalue weighted by Gasteiger charge is -2.23. The number of esters is 1. The van der Waals surface area contributed by atoms with Crippen LogP contribution in [0.15, 0.2) is 42.5 Å². The minimum Gasteiger partial charge on any atom is -0.485 e. The maximum atomic E-state index is 12.2. The number of aliphatic hydroxyl groups is 1. The third-order valence-corrected chi connectivity index (χ3v) is 6.56. The van der Waals surface area contributed by atoms with Crippen LogP contribution in [0, 0.1) is 0 Å². The standard InChI is InChI=1S/C25H27NO4/c1-29-25(28)17-11-12-19-21(13-17)26-14-18(15-27)30-22-10-6-5-9-20(22)24(26)23(19)16-7-3-2-4-8-16/h5-6,9-13,16,18,27H,2-4,7-8,14-15H2,1H3. The van der Waals surface area contributed by atoms with E-state index in [0.717, 1.165) is 16.8 Å². The SMILES string of the molecule is COC(=O)c1ccc2c(C3CCCCC3)c3n(c2c1)CC(CO)Oc1ccccc1-3. The lowest BCUT2D eigenvalue weighted by Crippen LogP contribution is -2.25. The second-order valence-electron chi connectivity index (χ2n) is 8.35. The number of aliphatic hydroxyl groups excluding tert-OH is 1. The van der Waals surface area contributed by atoms with Crippen molar-refractivity contribution < 1.29 is 19.4 Å². The van der Waals surface area contributed by atoms with Crippen LogP contribution in [0.5, 0.6) is 5.75 Å². The highest BCUT2D eigenvalue weighted by atomic mass is 16.5. The molecule has 3 aromatic rings. The van der Waals surface area contributed by atoms with Crippen LogP contribution in [0.1, 0.15) is 53.9 Å². The van der Waals surface area contributed by atoms with Gasteiger partial charge in [-0.1, -0.05) is 37.5 Å². The van der Waals surface area contributed by atoms with E-state index < -0.39 is 0 Å². The second-order valence-corrected chi connectivity index (χ2v) is 8.35. The maximum Gasteiger partial charge on any atom is 0.337 e. The first-order chi connectivity index (χ1) is 14.7. The molecule has 5 heteroatoms. The Morgan fingerprint density at radius 1 is 1.17 bits per heavy atom. The van der Waals surface area contributed by atoms with Gasteiger partial charge in [0.2, 0.25) is 0 Å². The van der Waals surface area contributed by atoms with Crippen molar-refractivity contribution in [3.05, 3.63) is 53.6 Å². The molecular weight excluding hydrogens is 378 g/mol. The first kappa shape index (κ1) is 19.2. The zero-order valence-corrected chi connectivity index (χ0v) is 17.3. The van der Waals surface area contributed by atoms with Gasteiger partial charge in [0.05, 0.1) is 31.5 Å². The summed E-state index contributed by atoms with van der Waals surface area (Å²) in [5, 5.41) is 11.2. The molecule has 1 N–H and O–H groups in total. The van der Waals surface area contributed by atoms with E-state index >= 15 is 0 Å². The maximum absolute atomic E-state index is 12.2. The van der Waals surface area contributed by atoms with Crippen LogP contribution in [-0.4, -0.2) is 35.5 Å². The summed E-state index contributed by atoms with van der Waals surface area (Å²) in [6.07, 6.45) is 5.80. The number of ether oxygens (including phenoxy) is 2. The molecule has 30 heavy (non-hydrogen) atoms. The van der Waals surface area contributed by atoms with Gasteiger partial charge >= 0.3 is 5.97 Å². The summed E-state index contributed by atoms with van der Waals surface area (Å²) in [5.41, 5.74) is 5.14. The molecule has 0 amide bonds. The molecule has 0 spiro atoms. The van der Waals surface area contributed by atoms with Crippen LogP contribution < -0.4 is 4.74 Å². The number of para-hydroxylation sites is 1. The van der Waals surface area contributed by atoms with E-state index in [2.05, 4.69) is 16.7 Å². The van der Waals surface area contributed by atoms with Crippen LogP contribution in [0.3, 0.4) is 0 Å². The Morgan fingerprint density at radius 2 is 1.97 bits per heavy atom. The highest BCUT2D eigenvalue weighted by Gasteiger charge is 2.31. The first-order valence-electron chi connectivity index (χ1n) is 10.8. The summed E-state index contributed by atoms with van der Waals surface area (Å²) >= 11 is 0. The number of methoxy groups -OCH3 is 1. The molecule has 0 saturated heterocycles. The van der Waals surface area contributed by atoms with Crippen LogP contribution in [0.25, 0.3) is 22.2 Å². The van der Waals surface area contributed by atoms with E-state index in [4.69, 9.17) is 9.47 Å². The van der Waals surface area contributed by atoms with Gasteiger partial charge in [0.25, 0.3) is 0 Å². The Morgan fingerprint density at radius 3 is 2.73 bits per heavy atom. The monoisotopic (exact) mass is 405 g/mol. The van der Waals surface area contributed by atoms with Gasteiger partial charge in [0.15, 0.2) is 0 Å². The fourth-order valence-corrected chi connectivity index (χ4v) is 5.19. The first-order valence-corrected chi connectivity index (χ1v) is 10.8. The number of fused-ring (bicyclic) bond motifs is 5. The zero-order valence-electron chi connectivity index (χ0n) is 17.3. The summed E-state index contributed by atoms with van der Waals surface area (Å²) in [4.78, 5) is 12.2. The van der Waals surface area contributed by atoms with E-state index in [-0.39, 0.29) is 18.7 Å². The molecule has 1 aliphatic carbocycles. The molecule has 1 aromatic heterocycles. The third kappa shape index (κ3) is 3.08. The average molecular weight is 405 g/mol. The predicted octanol–water partition coefficient (Wildman–Crippen LogP) is 4.90. The topological polar surface area (TPSA) is 60.7 Å². The Balaban J connectivity index is 1.82. The summed E-state index contributed by atoms with van der Waals surface area (Å²) in [5.74, 6) is 0.958. The third-order valence-electron chi connectivity index (χ3n) is 6.56. The van der Waals surface area contributed by atoms with Gasteiger partial charge in [-0.15, -0.1) is 0 Å². The fraction of sp³-hybridized carbons (Fsp3) is 0.400. The van der Waals surface area contributed by atoms with E-state index in [1.54, 1.807) is 0 Å². The highest BCUT2D eigenvalue weighted by molar-refractivity contribution is 5.99. The van der Waals surface area contributed by atoms with Gasteiger partial charge in [-0.3, -0.25) is 0 Å². The Bertz CT molecular complexity index is 1090. The van der Waals surface area contributed by atoms with Gasteiger partial charge in [0.1, 0.15) is 11.9 Å². The lowest BCUT2D eigenvalue weighted by atomic mass is 9.81. The van der Waals surface area contributed by atoms with Crippen molar-refractivity contribution in [2.45, 2.75) is 50.7 Å². The second kappa shape index (κ2) is 7.80. The Kier molecular flexibility index (Phi) is 4.99. The minimum absolute atomic E-state index is 0.0666. The van der Waals surface area contributed by atoms with Crippen molar-refractivity contribution in [3.8, 4) is 17.0 Å². The molecule has 2 heterocycles. The van der Waals surface area contributed by atoms with Crippen LogP contribution in [0.2, 0.25) is 0 Å². The van der Waals surface area contributed by atoms with E-state index in [1.807, 2.05) is 30.3 Å². The molecule has 0 radical (unpaired) electrons. The number of nitrogens with zero attached hydrogens (tertiary/aromatic N) is 1. The normalized spacial score (nSPS) is 18.9. The molecule has 2 aliphatic rings. The smallest absolute Gasteiger partial charge is 0.337 e. The van der Waals surface area contributed by atoms with Crippen LogP contribution >= 0.6 is 0 Å². The molecule has 1 fully saturated rings. The molecule has 0 bridgehead atoms. The number of rotatable bonds is 3. The fourth-order valence-electron chi connectivity index (χ4n) is 5.19. The molecule has 5 nitrogen and oxygen atoms in total. The summed E-state index contributed by atoms with van der Waals surface area (Å²) < 4.78 is 13.4. The van der Waals surface area contributed by atoms with Crippen molar-refractivity contribution >= 4 is 16.9 Å². The average Bonchev–Trinajstić information content (AvgIpc) is 3.01. The number of hydrogen-bond acceptors (Lipinski definition) is 4. The molecular formula is C25H27NO4. The Labute approximate surface area is 176 Å². The molecule has 1 atom stereocenters. The zero-order chi connectivity index (χ0) is 20.7. The Hall–Kier alpha value is -2.79. The largest absolute Gasteiger partial charge is 0.485 e. The van der Waals surface area contributed by atoms with Gasteiger partial charge in [0, 0.05) is 16.5 Å². The summed E-state index contributed by atoms with van der Waals surface area (Å²) in [6, 6.07) is 14.0. The van der Waals surface area contributed by atoms with E-state index in [9.17, 15) is 9.90 Å². The van der Waals surface area contributed by atoms with E-state index in [0.29, 0.717) is 18.0 Å². The van der Waals surface area contributed by atoms with Crippen molar-refractivity contribution in [1.82, 2.24) is 4.57 Å². The predicted molar refractivity (Wildman–Crippen MR) is 116 cm³/mol.